The van der Waals surface area contributed by atoms with Crippen molar-refractivity contribution in [1.82, 2.24) is 4.90 Å². The van der Waals surface area contributed by atoms with Crippen molar-refractivity contribution in [2.24, 2.45) is 5.73 Å². The molecule has 1 aromatic carbocycles. The van der Waals surface area contributed by atoms with Crippen LogP contribution in [0.1, 0.15) is 0 Å². The number of para-hydroxylation sites is 1. The van der Waals surface area contributed by atoms with E-state index in [1.807, 2.05) is 42.3 Å². The van der Waals surface area contributed by atoms with Gasteiger partial charge < -0.3 is 15.8 Å². The lowest BCUT2D eigenvalue weighted by Gasteiger charge is -2.16. The van der Waals surface area contributed by atoms with Gasteiger partial charge in [-0.25, -0.2) is 0 Å². The average Bonchev–Trinajstić information content (AvgIpc) is 2.35. The fourth-order valence-electron chi connectivity index (χ4n) is 1.45. The summed E-state index contributed by atoms with van der Waals surface area (Å²) in [4.78, 5) is 13.6. The molecule has 100 valence electrons. The molecule has 0 fully saturated rings. The van der Waals surface area contributed by atoms with Crippen LogP contribution in [-0.4, -0.2) is 50.7 Å². The number of hydrogen-bond donors (Lipinski definition) is 2. The van der Waals surface area contributed by atoms with Gasteiger partial charge in [0, 0.05) is 18.8 Å². The molecular formula is C13H21N3O2. The van der Waals surface area contributed by atoms with Crippen molar-refractivity contribution in [2.75, 3.05) is 45.2 Å². The van der Waals surface area contributed by atoms with Gasteiger partial charge in [0.1, 0.15) is 0 Å². The fourth-order valence-corrected chi connectivity index (χ4v) is 1.45. The molecular weight excluding hydrogens is 230 g/mol. The van der Waals surface area contributed by atoms with Gasteiger partial charge in [0.15, 0.2) is 0 Å². The molecule has 3 N–H and O–H groups in total. The van der Waals surface area contributed by atoms with Gasteiger partial charge in [0.05, 0.1) is 19.8 Å². The van der Waals surface area contributed by atoms with Crippen LogP contribution in [0.5, 0.6) is 0 Å². The topological polar surface area (TPSA) is 67.6 Å². The molecule has 5 heteroatoms. The van der Waals surface area contributed by atoms with E-state index in [0.717, 1.165) is 5.69 Å². The van der Waals surface area contributed by atoms with Crippen LogP contribution in [0, 0.1) is 0 Å². The zero-order valence-corrected chi connectivity index (χ0v) is 10.8. The van der Waals surface area contributed by atoms with E-state index in [1.54, 1.807) is 0 Å². The molecule has 0 unspecified atom stereocenters. The minimum Gasteiger partial charge on any atom is -0.379 e. The summed E-state index contributed by atoms with van der Waals surface area (Å²) in [5.74, 6) is -0.0254. The maximum atomic E-state index is 11.7. The van der Waals surface area contributed by atoms with Gasteiger partial charge in [-0.1, -0.05) is 18.2 Å². The van der Waals surface area contributed by atoms with Crippen molar-refractivity contribution >= 4 is 11.6 Å². The summed E-state index contributed by atoms with van der Waals surface area (Å²) in [6.07, 6.45) is 0. The number of hydrogen-bond acceptors (Lipinski definition) is 4. The number of nitrogens with two attached hydrogens (primary N) is 1. The van der Waals surface area contributed by atoms with Crippen LogP contribution >= 0.6 is 0 Å². The molecule has 5 nitrogen and oxygen atoms in total. The molecule has 0 aromatic heterocycles. The minimum atomic E-state index is -0.0254. The molecule has 0 radical (unpaired) electrons. The van der Waals surface area contributed by atoms with Gasteiger partial charge in [-0.05, 0) is 19.2 Å². The number of anilines is 1. The Morgan fingerprint density at radius 3 is 2.72 bits per heavy atom. The molecule has 0 aliphatic rings. The first kappa shape index (κ1) is 14.6. The van der Waals surface area contributed by atoms with Gasteiger partial charge in [-0.2, -0.15) is 0 Å². The van der Waals surface area contributed by atoms with Gasteiger partial charge in [0.2, 0.25) is 5.91 Å². The number of carbonyl (C=O) groups is 1. The van der Waals surface area contributed by atoms with Crippen LogP contribution in [0.3, 0.4) is 0 Å². The number of rotatable bonds is 8. The number of ether oxygens (including phenoxy) is 1. The van der Waals surface area contributed by atoms with Gasteiger partial charge in [0.25, 0.3) is 0 Å². The van der Waals surface area contributed by atoms with Crippen molar-refractivity contribution < 1.29 is 9.53 Å². The number of nitrogens with one attached hydrogen (secondary N) is 1. The highest BCUT2D eigenvalue weighted by Crippen LogP contribution is 2.04. The standard InChI is InChI=1S/C13H21N3O2/c1-16(8-10-18-9-7-14)11-13(17)15-12-5-3-2-4-6-12/h2-6H,7-11,14H2,1H3,(H,15,17). The Morgan fingerprint density at radius 1 is 1.33 bits per heavy atom. The van der Waals surface area contributed by atoms with Crippen molar-refractivity contribution in [3.63, 3.8) is 0 Å². The molecule has 1 aromatic rings. The van der Waals surface area contributed by atoms with E-state index in [9.17, 15) is 4.79 Å². The van der Waals surface area contributed by atoms with E-state index in [4.69, 9.17) is 10.5 Å². The smallest absolute Gasteiger partial charge is 0.238 e. The summed E-state index contributed by atoms with van der Waals surface area (Å²) in [7, 11) is 1.89. The number of benzene rings is 1. The summed E-state index contributed by atoms with van der Waals surface area (Å²) >= 11 is 0. The Labute approximate surface area is 108 Å². The third kappa shape index (κ3) is 6.34. The van der Waals surface area contributed by atoms with Crippen LogP contribution in [-0.2, 0) is 9.53 Å². The molecule has 0 heterocycles. The SMILES string of the molecule is CN(CCOCCN)CC(=O)Nc1ccccc1. The number of amides is 1. The van der Waals surface area contributed by atoms with E-state index < -0.39 is 0 Å². The predicted octanol–water partition coefficient (Wildman–Crippen LogP) is 0.532. The Balaban J connectivity index is 2.19. The van der Waals surface area contributed by atoms with E-state index in [0.29, 0.717) is 32.8 Å². The van der Waals surface area contributed by atoms with Gasteiger partial charge in [-0.3, -0.25) is 9.69 Å². The lowest BCUT2D eigenvalue weighted by atomic mass is 10.3. The molecule has 0 aliphatic carbocycles. The average molecular weight is 251 g/mol. The normalized spacial score (nSPS) is 10.6. The second-order valence-corrected chi connectivity index (χ2v) is 4.05. The summed E-state index contributed by atoms with van der Waals surface area (Å²) in [6, 6.07) is 9.42. The highest BCUT2D eigenvalue weighted by atomic mass is 16.5. The summed E-state index contributed by atoms with van der Waals surface area (Å²) in [5, 5.41) is 2.83. The summed E-state index contributed by atoms with van der Waals surface area (Å²) in [5.41, 5.74) is 6.12. The molecule has 0 saturated carbocycles. The largest absolute Gasteiger partial charge is 0.379 e. The second-order valence-electron chi connectivity index (χ2n) is 4.05. The first-order valence-electron chi connectivity index (χ1n) is 6.03. The maximum absolute atomic E-state index is 11.7. The first-order valence-corrected chi connectivity index (χ1v) is 6.03. The van der Waals surface area contributed by atoms with E-state index in [1.165, 1.54) is 0 Å². The minimum absolute atomic E-state index is 0.0254. The monoisotopic (exact) mass is 251 g/mol. The van der Waals surface area contributed by atoms with E-state index in [2.05, 4.69) is 5.32 Å². The van der Waals surface area contributed by atoms with E-state index in [-0.39, 0.29) is 5.91 Å². The molecule has 0 atom stereocenters. The third-order valence-electron chi connectivity index (χ3n) is 2.35. The highest BCUT2D eigenvalue weighted by molar-refractivity contribution is 5.92. The first-order chi connectivity index (χ1) is 8.72. The van der Waals surface area contributed by atoms with Gasteiger partial charge in [-0.15, -0.1) is 0 Å². The molecule has 0 saturated heterocycles. The molecule has 0 aliphatic heterocycles. The Bertz CT molecular complexity index is 343. The number of carbonyl (C=O) groups excluding carboxylic acids is 1. The molecule has 18 heavy (non-hydrogen) atoms. The Morgan fingerprint density at radius 2 is 2.06 bits per heavy atom. The molecule has 1 rings (SSSR count). The lowest BCUT2D eigenvalue weighted by molar-refractivity contribution is -0.117. The third-order valence-corrected chi connectivity index (χ3v) is 2.35. The number of nitrogens with zero attached hydrogens (tertiary/aromatic N) is 1. The van der Waals surface area contributed by atoms with Crippen molar-refractivity contribution in [1.29, 1.82) is 0 Å². The quantitative estimate of drug-likeness (QED) is 0.661. The van der Waals surface area contributed by atoms with Crippen LogP contribution in [0.15, 0.2) is 30.3 Å². The zero-order chi connectivity index (χ0) is 13.2. The van der Waals surface area contributed by atoms with Crippen LogP contribution < -0.4 is 11.1 Å². The maximum Gasteiger partial charge on any atom is 0.238 e. The predicted molar refractivity (Wildman–Crippen MR) is 72.4 cm³/mol. The van der Waals surface area contributed by atoms with Crippen LogP contribution in [0.4, 0.5) is 5.69 Å². The van der Waals surface area contributed by atoms with Crippen molar-refractivity contribution in [3.8, 4) is 0 Å². The Kier molecular flexibility index (Phi) is 7.01. The van der Waals surface area contributed by atoms with Gasteiger partial charge >= 0.3 is 0 Å². The van der Waals surface area contributed by atoms with Crippen molar-refractivity contribution in [3.05, 3.63) is 30.3 Å². The molecule has 0 bridgehead atoms. The van der Waals surface area contributed by atoms with Crippen LogP contribution in [0.2, 0.25) is 0 Å². The second kappa shape index (κ2) is 8.63. The lowest BCUT2D eigenvalue weighted by Crippen LogP contribution is -2.32. The molecule has 0 spiro atoms. The summed E-state index contributed by atoms with van der Waals surface area (Å²) in [6.45, 7) is 2.73. The van der Waals surface area contributed by atoms with Crippen molar-refractivity contribution in [2.45, 2.75) is 0 Å². The molecule has 1 amide bonds. The highest BCUT2D eigenvalue weighted by Gasteiger charge is 2.06. The van der Waals surface area contributed by atoms with E-state index >= 15 is 0 Å². The number of likely N-dealkylation sites (N-methyl/N-ethyl adjacent to an activating group) is 1. The zero-order valence-electron chi connectivity index (χ0n) is 10.8. The Hall–Kier alpha value is -1.43. The van der Waals surface area contributed by atoms with Crippen LogP contribution in [0.25, 0.3) is 0 Å². The fraction of sp³-hybridized carbons (Fsp3) is 0.462. The summed E-state index contributed by atoms with van der Waals surface area (Å²) < 4.78 is 5.25.